The molecule has 1 aliphatic carbocycles. The van der Waals surface area contributed by atoms with Crippen LogP contribution in [-0.2, 0) is 13.5 Å². The van der Waals surface area contributed by atoms with Crippen LogP contribution in [0.1, 0.15) is 32.0 Å². The highest BCUT2D eigenvalue weighted by atomic mass is 19.3. The van der Waals surface area contributed by atoms with Crippen molar-refractivity contribution >= 4 is 0 Å². The van der Waals surface area contributed by atoms with Gasteiger partial charge in [0.25, 0.3) is 0 Å². The van der Waals surface area contributed by atoms with Crippen LogP contribution in [0.3, 0.4) is 0 Å². The van der Waals surface area contributed by atoms with Gasteiger partial charge in [0.1, 0.15) is 12.2 Å². The quantitative estimate of drug-likeness (QED) is 0.875. The molecule has 2 rings (SSSR count). The van der Waals surface area contributed by atoms with Gasteiger partial charge in [-0.15, -0.1) is 0 Å². The molecule has 4 nitrogen and oxygen atoms in total. The summed E-state index contributed by atoms with van der Waals surface area (Å²) < 4.78 is 28.3. The lowest BCUT2D eigenvalue weighted by atomic mass is 9.94. The Morgan fingerprint density at radius 3 is 2.89 bits per heavy atom. The lowest BCUT2D eigenvalue weighted by molar-refractivity contribution is 0.00328. The van der Waals surface area contributed by atoms with Gasteiger partial charge in [-0.2, -0.15) is 5.10 Å². The Labute approximate surface area is 106 Å². The molecule has 102 valence electrons. The predicted molar refractivity (Wildman–Crippen MR) is 64.5 cm³/mol. The van der Waals surface area contributed by atoms with Crippen LogP contribution < -0.4 is 5.32 Å². The zero-order chi connectivity index (χ0) is 13.2. The van der Waals surface area contributed by atoms with Crippen LogP contribution in [0.2, 0.25) is 0 Å². The number of hydrogen-bond donors (Lipinski definition) is 1. The van der Waals surface area contributed by atoms with Gasteiger partial charge in [-0.1, -0.05) is 6.92 Å². The van der Waals surface area contributed by atoms with Crippen molar-refractivity contribution in [3.05, 3.63) is 12.2 Å². The Bertz CT molecular complexity index is 391. The van der Waals surface area contributed by atoms with Crippen molar-refractivity contribution in [3.8, 4) is 0 Å². The molecule has 0 saturated heterocycles. The average molecular weight is 258 g/mol. The fraction of sp³-hybridized carbons (Fsp3) is 0.833. The largest absolute Gasteiger partial charge is 0.314 e. The molecule has 0 aromatic carbocycles. The average Bonchev–Trinajstić information content (AvgIpc) is 2.85. The second-order valence-electron chi connectivity index (χ2n) is 5.03. The number of likely N-dealkylation sites (N-methyl/N-ethyl adjacent to an activating group) is 1. The summed E-state index contributed by atoms with van der Waals surface area (Å²) in [6.07, 6.45) is 2.75. The molecule has 0 radical (unpaired) electrons. The summed E-state index contributed by atoms with van der Waals surface area (Å²) >= 11 is 0. The first kappa shape index (κ1) is 13.4. The maximum Gasteiger partial charge on any atom is 0.248 e. The molecule has 1 saturated carbocycles. The normalized spacial score (nSPS) is 24.3. The number of hydrogen-bond acceptors (Lipinski definition) is 3. The molecule has 0 amide bonds. The monoisotopic (exact) mass is 258 g/mol. The second-order valence-corrected chi connectivity index (χ2v) is 5.03. The van der Waals surface area contributed by atoms with E-state index < -0.39 is 5.92 Å². The molecular formula is C12H20F2N4. The maximum absolute atomic E-state index is 13.3. The number of nitrogens with zero attached hydrogens (tertiary/aromatic N) is 3. The molecular weight excluding hydrogens is 238 g/mol. The highest BCUT2D eigenvalue weighted by molar-refractivity contribution is 4.95. The van der Waals surface area contributed by atoms with Crippen LogP contribution >= 0.6 is 0 Å². The smallest absolute Gasteiger partial charge is 0.248 e. The molecule has 1 aromatic rings. The maximum atomic E-state index is 13.3. The number of aromatic nitrogens is 3. The van der Waals surface area contributed by atoms with Gasteiger partial charge >= 0.3 is 0 Å². The summed E-state index contributed by atoms with van der Waals surface area (Å²) in [6.45, 7) is 2.78. The van der Waals surface area contributed by atoms with Crippen LogP contribution in [0.15, 0.2) is 6.33 Å². The summed E-state index contributed by atoms with van der Waals surface area (Å²) in [5, 5.41) is 7.33. The first-order valence-electron chi connectivity index (χ1n) is 6.46. The Balaban J connectivity index is 2.02. The first-order valence-corrected chi connectivity index (χ1v) is 6.46. The second kappa shape index (κ2) is 5.30. The van der Waals surface area contributed by atoms with Crippen molar-refractivity contribution < 1.29 is 8.78 Å². The van der Waals surface area contributed by atoms with Crippen molar-refractivity contribution in [3.63, 3.8) is 0 Å². The standard InChI is InChI=1S/C12H20F2N4/c1-3-15-10(6-11-16-8-17-18(11)2)9-4-5-12(13,14)7-9/h8-10,15H,3-7H2,1-2H3. The van der Waals surface area contributed by atoms with E-state index in [-0.39, 0.29) is 24.8 Å². The lowest BCUT2D eigenvalue weighted by Gasteiger charge is -2.24. The summed E-state index contributed by atoms with van der Waals surface area (Å²) in [5.74, 6) is -1.62. The zero-order valence-corrected chi connectivity index (χ0v) is 10.9. The van der Waals surface area contributed by atoms with Gasteiger partial charge in [0.15, 0.2) is 0 Å². The summed E-state index contributed by atoms with van der Waals surface area (Å²) in [7, 11) is 1.83. The van der Waals surface area contributed by atoms with Crippen LogP contribution in [0.4, 0.5) is 8.78 Å². The molecule has 0 bridgehead atoms. The third-order valence-electron chi connectivity index (χ3n) is 3.68. The lowest BCUT2D eigenvalue weighted by Crippen LogP contribution is -2.38. The topological polar surface area (TPSA) is 42.7 Å². The third kappa shape index (κ3) is 3.04. The number of halogens is 2. The van der Waals surface area contributed by atoms with E-state index in [0.29, 0.717) is 12.8 Å². The van der Waals surface area contributed by atoms with E-state index in [9.17, 15) is 8.78 Å². The molecule has 1 aliphatic rings. The van der Waals surface area contributed by atoms with E-state index in [1.54, 1.807) is 4.68 Å². The Hall–Kier alpha value is -1.04. The van der Waals surface area contributed by atoms with E-state index in [1.165, 1.54) is 6.33 Å². The number of aryl methyl sites for hydroxylation is 1. The molecule has 0 aliphatic heterocycles. The molecule has 1 fully saturated rings. The molecule has 1 aromatic heterocycles. The van der Waals surface area contributed by atoms with Crippen molar-refractivity contribution in [2.75, 3.05) is 6.54 Å². The Morgan fingerprint density at radius 2 is 2.39 bits per heavy atom. The van der Waals surface area contributed by atoms with Gasteiger partial charge in [0.05, 0.1) is 0 Å². The Kier molecular flexibility index (Phi) is 3.94. The molecule has 1 heterocycles. The number of nitrogens with one attached hydrogen (secondary N) is 1. The highest BCUT2D eigenvalue weighted by Crippen LogP contribution is 2.40. The van der Waals surface area contributed by atoms with E-state index in [4.69, 9.17) is 0 Å². The highest BCUT2D eigenvalue weighted by Gasteiger charge is 2.42. The minimum atomic E-state index is -2.49. The van der Waals surface area contributed by atoms with Gasteiger partial charge in [-0.25, -0.2) is 13.8 Å². The van der Waals surface area contributed by atoms with Gasteiger partial charge in [-0.05, 0) is 18.9 Å². The molecule has 2 unspecified atom stereocenters. The van der Waals surface area contributed by atoms with E-state index >= 15 is 0 Å². The summed E-state index contributed by atoms with van der Waals surface area (Å²) in [4.78, 5) is 4.17. The fourth-order valence-corrected chi connectivity index (χ4v) is 2.70. The van der Waals surface area contributed by atoms with Crippen molar-refractivity contribution in [2.45, 2.75) is 44.6 Å². The summed E-state index contributed by atoms with van der Waals surface area (Å²) in [6, 6.07) is 0.0614. The molecule has 2 atom stereocenters. The zero-order valence-electron chi connectivity index (χ0n) is 10.9. The van der Waals surface area contributed by atoms with Crippen LogP contribution in [-0.4, -0.2) is 33.3 Å². The van der Waals surface area contributed by atoms with Gasteiger partial charge < -0.3 is 5.32 Å². The molecule has 0 spiro atoms. The molecule has 6 heteroatoms. The van der Waals surface area contributed by atoms with E-state index in [0.717, 1.165) is 12.4 Å². The molecule has 1 N–H and O–H groups in total. The summed E-state index contributed by atoms with van der Waals surface area (Å²) in [5.41, 5.74) is 0. The van der Waals surface area contributed by atoms with Gasteiger partial charge in [0, 0.05) is 32.4 Å². The van der Waals surface area contributed by atoms with Crippen LogP contribution in [0, 0.1) is 5.92 Å². The van der Waals surface area contributed by atoms with E-state index in [1.807, 2.05) is 14.0 Å². The predicted octanol–water partition coefficient (Wildman–Crippen LogP) is 1.77. The minimum Gasteiger partial charge on any atom is -0.314 e. The first-order chi connectivity index (χ1) is 8.52. The number of rotatable bonds is 5. The van der Waals surface area contributed by atoms with Crippen molar-refractivity contribution in [2.24, 2.45) is 13.0 Å². The van der Waals surface area contributed by atoms with Crippen molar-refractivity contribution in [1.82, 2.24) is 20.1 Å². The van der Waals surface area contributed by atoms with Gasteiger partial charge in [-0.3, -0.25) is 4.68 Å². The van der Waals surface area contributed by atoms with Crippen LogP contribution in [0.25, 0.3) is 0 Å². The van der Waals surface area contributed by atoms with Crippen molar-refractivity contribution in [1.29, 1.82) is 0 Å². The van der Waals surface area contributed by atoms with Crippen LogP contribution in [0.5, 0.6) is 0 Å². The van der Waals surface area contributed by atoms with E-state index in [2.05, 4.69) is 15.4 Å². The third-order valence-corrected chi connectivity index (χ3v) is 3.68. The number of alkyl halides is 2. The van der Waals surface area contributed by atoms with Gasteiger partial charge in [0.2, 0.25) is 5.92 Å². The minimum absolute atomic E-state index is 0.0114. The fourth-order valence-electron chi connectivity index (χ4n) is 2.70. The molecule has 18 heavy (non-hydrogen) atoms. The Morgan fingerprint density at radius 1 is 1.61 bits per heavy atom. The SMILES string of the molecule is CCNC(Cc1ncnn1C)C1CCC(F)(F)C1.